The van der Waals surface area contributed by atoms with Gasteiger partial charge in [-0.05, 0) is 69.0 Å². The van der Waals surface area contributed by atoms with E-state index < -0.39 is 0 Å². The number of amides is 3. The minimum atomic E-state index is -0.387. The molecule has 1 unspecified atom stereocenters. The van der Waals surface area contributed by atoms with Crippen LogP contribution in [0.25, 0.3) is 0 Å². The molecule has 2 aliphatic rings. The monoisotopic (exact) mass is 465 g/mol. The second kappa shape index (κ2) is 10.8. The maximum Gasteiger partial charge on any atom is 0.253 e. The zero-order chi connectivity index (χ0) is 24.1. The molecule has 0 spiro atoms. The molecule has 0 bridgehead atoms. The van der Waals surface area contributed by atoms with Crippen LogP contribution in [0.2, 0.25) is 0 Å². The Bertz CT molecular complexity index is 1020. The van der Waals surface area contributed by atoms with E-state index in [0.29, 0.717) is 24.2 Å². The van der Waals surface area contributed by atoms with Crippen molar-refractivity contribution in [2.24, 2.45) is 5.92 Å². The summed E-state index contributed by atoms with van der Waals surface area (Å²) < 4.78 is 13.2. The molecule has 6 nitrogen and oxygen atoms in total. The van der Waals surface area contributed by atoms with E-state index in [4.69, 9.17) is 0 Å². The highest BCUT2D eigenvalue weighted by Gasteiger charge is 2.33. The van der Waals surface area contributed by atoms with Gasteiger partial charge in [-0.3, -0.25) is 14.4 Å². The van der Waals surface area contributed by atoms with Crippen molar-refractivity contribution in [3.05, 3.63) is 71.0 Å². The van der Waals surface area contributed by atoms with E-state index in [1.165, 1.54) is 24.3 Å². The van der Waals surface area contributed by atoms with E-state index in [2.05, 4.69) is 10.6 Å². The molecule has 3 atom stereocenters. The first-order valence-electron chi connectivity index (χ1n) is 12.1. The number of hydrogen-bond acceptors (Lipinski definition) is 3. The summed E-state index contributed by atoms with van der Waals surface area (Å²) in [4.78, 5) is 40.5. The first-order valence-corrected chi connectivity index (χ1v) is 12.1. The van der Waals surface area contributed by atoms with Gasteiger partial charge in [0, 0.05) is 36.3 Å². The van der Waals surface area contributed by atoms with E-state index in [1.54, 1.807) is 4.90 Å². The van der Waals surface area contributed by atoms with Crippen molar-refractivity contribution in [2.75, 3.05) is 13.1 Å². The number of aryl methyl sites for hydroxylation is 1. The van der Waals surface area contributed by atoms with Crippen LogP contribution in [0.4, 0.5) is 4.39 Å². The number of halogens is 1. The molecule has 7 heteroatoms. The highest BCUT2D eigenvalue weighted by atomic mass is 19.1. The van der Waals surface area contributed by atoms with Gasteiger partial charge in [-0.25, -0.2) is 4.39 Å². The Morgan fingerprint density at radius 3 is 2.12 bits per heavy atom. The number of carbonyl (C=O) groups is 3. The Labute approximate surface area is 199 Å². The second-order valence-corrected chi connectivity index (χ2v) is 9.44. The molecule has 3 amide bonds. The van der Waals surface area contributed by atoms with Gasteiger partial charge in [-0.15, -0.1) is 0 Å². The predicted octanol–water partition coefficient (Wildman–Crippen LogP) is 3.84. The largest absolute Gasteiger partial charge is 0.351 e. The van der Waals surface area contributed by atoms with Gasteiger partial charge in [-0.1, -0.05) is 30.5 Å². The Kier molecular flexibility index (Phi) is 7.60. The molecule has 0 radical (unpaired) electrons. The number of likely N-dealkylation sites (tertiary alicyclic amines) is 1. The average molecular weight is 466 g/mol. The zero-order valence-corrected chi connectivity index (χ0v) is 19.6. The maximum atomic E-state index is 13.2. The lowest BCUT2D eigenvalue weighted by Gasteiger charge is -2.36. The number of nitrogens with zero attached hydrogens (tertiary/aromatic N) is 1. The average Bonchev–Trinajstić information content (AvgIpc) is 2.85. The molecular formula is C27H32FN3O3. The lowest BCUT2D eigenvalue weighted by Crippen LogP contribution is -2.55. The summed E-state index contributed by atoms with van der Waals surface area (Å²) in [5, 5.41) is 6.19. The number of rotatable bonds is 5. The van der Waals surface area contributed by atoms with Gasteiger partial charge in [0.15, 0.2) is 0 Å². The SMILES string of the molecule is Cc1ccc(C(=O)N2CCCC(C(=O)N[C@@H]3CCCC[C@H]3NC(=O)c3ccc(F)cc3)C2)cc1. The predicted molar refractivity (Wildman–Crippen MR) is 128 cm³/mol. The molecule has 1 saturated heterocycles. The third-order valence-corrected chi connectivity index (χ3v) is 6.89. The quantitative estimate of drug-likeness (QED) is 0.704. The number of hydrogen-bond donors (Lipinski definition) is 2. The molecule has 180 valence electrons. The van der Waals surface area contributed by atoms with Crippen LogP contribution in [0.5, 0.6) is 0 Å². The van der Waals surface area contributed by atoms with Crippen molar-refractivity contribution in [3.63, 3.8) is 0 Å². The van der Waals surface area contributed by atoms with E-state index in [-0.39, 0.29) is 41.5 Å². The normalized spacial score (nSPS) is 22.6. The smallest absolute Gasteiger partial charge is 0.253 e. The number of benzene rings is 2. The van der Waals surface area contributed by atoms with Crippen LogP contribution in [0.3, 0.4) is 0 Å². The fraction of sp³-hybridized carbons (Fsp3) is 0.444. The lowest BCUT2D eigenvalue weighted by molar-refractivity contribution is -0.127. The van der Waals surface area contributed by atoms with E-state index in [9.17, 15) is 18.8 Å². The summed E-state index contributed by atoms with van der Waals surface area (Å²) in [6.07, 6.45) is 5.05. The minimum Gasteiger partial charge on any atom is -0.351 e. The highest BCUT2D eigenvalue weighted by Crippen LogP contribution is 2.23. The van der Waals surface area contributed by atoms with Crippen molar-refractivity contribution in [3.8, 4) is 0 Å². The summed E-state index contributed by atoms with van der Waals surface area (Å²) >= 11 is 0. The van der Waals surface area contributed by atoms with Crippen LogP contribution in [0.1, 0.15) is 64.8 Å². The zero-order valence-electron chi connectivity index (χ0n) is 19.6. The van der Waals surface area contributed by atoms with Gasteiger partial charge < -0.3 is 15.5 Å². The lowest BCUT2D eigenvalue weighted by atomic mass is 9.88. The summed E-state index contributed by atoms with van der Waals surface area (Å²) in [5.41, 5.74) is 2.14. The van der Waals surface area contributed by atoms with Crippen LogP contribution in [0, 0.1) is 18.7 Å². The van der Waals surface area contributed by atoms with Gasteiger partial charge in [0.1, 0.15) is 5.82 Å². The van der Waals surface area contributed by atoms with E-state index in [1.807, 2.05) is 31.2 Å². The molecule has 34 heavy (non-hydrogen) atoms. The van der Waals surface area contributed by atoms with Gasteiger partial charge >= 0.3 is 0 Å². The molecule has 0 aromatic heterocycles. The Balaban J connectivity index is 1.36. The molecule has 4 rings (SSSR count). The summed E-state index contributed by atoms with van der Waals surface area (Å²) in [7, 11) is 0. The maximum absolute atomic E-state index is 13.2. The van der Waals surface area contributed by atoms with Crippen molar-refractivity contribution in [2.45, 2.75) is 57.5 Å². The molecule has 2 aromatic rings. The number of piperidine rings is 1. The fourth-order valence-electron chi connectivity index (χ4n) is 4.88. The van der Waals surface area contributed by atoms with Gasteiger partial charge in [0.05, 0.1) is 5.92 Å². The van der Waals surface area contributed by atoms with Crippen LogP contribution in [0.15, 0.2) is 48.5 Å². The van der Waals surface area contributed by atoms with Crippen LogP contribution < -0.4 is 10.6 Å². The van der Waals surface area contributed by atoms with Crippen molar-refractivity contribution >= 4 is 17.7 Å². The summed E-state index contributed by atoms with van der Waals surface area (Å²) in [5.74, 6) is -1.02. The molecule has 1 saturated carbocycles. The standard InChI is InChI=1S/C27H32FN3O3/c1-18-8-10-20(11-9-18)27(34)31-16-4-5-21(17-31)26(33)30-24-7-3-2-6-23(24)29-25(32)19-12-14-22(28)15-13-19/h8-15,21,23-24H,2-7,16-17H2,1H3,(H,29,32)(H,30,33)/t21?,23-,24-/m1/s1. The highest BCUT2D eigenvalue weighted by molar-refractivity contribution is 5.95. The van der Waals surface area contributed by atoms with E-state index >= 15 is 0 Å². The molecule has 2 N–H and O–H groups in total. The number of carbonyl (C=O) groups excluding carboxylic acids is 3. The first kappa shape index (κ1) is 23.9. The number of nitrogens with one attached hydrogen (secondary N) is 2. The molecule has 1 aliphatic heterocycles. The summed E-state index contributed by atoms with van der Waals surface area (Å²) in [6.45, 7) is 3.03. The topological polar surface area (TPSA) is 78.5 Å². The third kappa shape index (κ3) is 5.82. The molecule has 2 fully saturated rings. The van der Waals surface area contributed by atoms with Crippen molar-refractivity contribution < 1.29 is 18.8 Å². The van der Waals surface area contributed by atoms with Gasteiger partial charge in [0.2, 0.25) is 5.91 Å². The third-order valence-electron chi connectivity index (χ3n) is 6.89. The molecular weight excluding hydrogens is 433 g/mol. The molecule has 2 aromatic carbocycles. The Morgan fingerprint density at radius 2 is 1.44 bits per heavy atom. The molecule has 1 heterocycles. The summed E-state index contributed by atoms with van der Waals surface area (Å²) in [6, 6.07) is 12.6. The Hall–Kier alpha value is -3.22. The van der Waals surface area contributed by atoms with Crippen molar-refractivity contribution in [1.82, 2.24) is 15.5 Å². The van der Waals surface area contributed by atoms with Crippen LogP contribution in [-0.2, 0) is 4.79 Å². The minimum absolute atomic E-state index is 0.0420. The van der Waals surface area contributed by atoms with E-state index in [0.717, 1.165) is 44.1 Å². The molecule has 1 aliphatic carbocycles. The van der Waals surface area contributed by atoms with Gasteiger partial charge in [-0.2, -0.15) is 0 Å². The first-order chi connectivity index (χ1) is 16.4. The Morgan fingerprint density at radius 1 is 0.824 bits per heavy atom. The van der Waals surface area contributed by atoms with Crippen molar-refractivity contribution in [1.29, 1.82) is 0 Å². The second-order valence-electron chi connectivity index (χ2n) is 9.44. The fourth-order valence-corrected chi connectivity index (χ4v) is 4.88. The van der Waals surface area contributed by atoms with Crippen LogP contribution in [-0.4, -0.2) is 47.8 Å². The van der Waals surface area contributed by atoms with Crippen LogP contribution >= 0.6 is 0 Å². The van der Waals surface area contributed by atoms with Gasteiger partial charge in [0.25, 0.3) is 11.8 Å².